The van der Waals surface area contributed by atoms with Crippen molar-refractivity contribution in [3.05, 3.63) is 29.8 Å². The molecule has 0 bridgehead atoms. The molecular weight excluding hydrogens is 154 g/mol. The Bertz CT molecular complexity index is 273. The van der Waals surface area contributed by atoms with Crippen molar-refractivity contribution >= 4 is 6.47 Å². The summed E-state index contributed by atoms with van der Waals surface area (Å²) < 4.78 is 28.7. The lowest BCUT2D eigenvalue weighted by molar-refractivity contribution is 0.421. The minimum absolute atomic E-state index is 0.332. The Labute approximate surface area is 61.4 Å². The topological polar surface area (TPSA) is 26.3 Å². The van der Waals surface area contributed by atoms with Crippen LogP contribution in [0.5, 0.6) is 5.75 Å². The van der Waals surface area contributed by atoms with E-state index in [0.717, 1.165) is 18.6 Å². The number of hydrogen-bond acceptors (Lipinski definition) is 2. The van der Waals surface area contributed by atoms with Crippen LogP contribution in [0.4, 0.5) is 8.78 Å². The maximum atomic E-state index is 12.5. The predicted molar refractivity (Wildman–Crippen MR) is 32.7 cm³/mol. The summed E-state index contributed by atoms with van der Waals surface area (Å²) in [5.74, 6) is -1.98. The van der Waals surface area contributed by atoms with Crippen molar-refractivity contribution in [1.29, 1.82) is 0 Å². The largest absolute Gasteiger partial charge is 0.423 e. The summed E-state index contributed by atoms with van der Waals surface area (Å²) in [6.45, 7) is 1.03. The molecule has 0 aliphatic rings. The van der Waals surface area contributed by atoms with E-state index in [0.29, 0.717) is 6.07 Å². The third kappa shape index (κ3) is 1.73. The second-order valence-corrected chi connectivity index (χ2v) is 1.76. The van der Waals surface area contributed by atoms with E-state index >= 15 is 0 Å². The summed E-state index contributed by atoms with van der Waals surface area (Å²) in [7, 11) is 0. The van der Waals surface area contributed by atoms with Gasteiger partial charge in [-0.2, -0.15) is 0 Å². The fourth-order valence-corrected chi connectivity index (χ4v) is 0.603. The number of hydrogen-bond donors (Lipinski definition) is 0. The number of ether oxygens (including phenoxy) is 1. The molecule has 0 spiro atoms. The van der Waals surface area contributed by atoms with Gasteiger partial charge in [-0.15, -0.1) is 0 Å². The van der Waals surface area contributed by atoms with Gasteiger partial charge < -0.3 is 4.74 Å². The molecule has 1 aromatic rings. The fourth-order valence-electron chi connectivity index (χ4n) is 0.603. The van der Waals surface area contributed by atoms with Gasteiger partial charge in [0.2, 0.25) is 0 Å². The highest BCUT2D eigenvalue weighted by molar-refractivity contribution is 5.46. The van der Waals surface area contributed by atoms with Crippen molar-refractivity contribution in [2.45, 2.75) is 0 Å². The SMILES string of the molecule is O=[C]Oc1ccc(F)cc1F. The molecule has 0 heterocycles. The van der Waals surface area contributed by atoms with E-state index < -0.39 is 11.6 Å². The molecule has 0 amide bonds. The zero-order valence-electron chi connectivity index (χ0n) is 5.30. The molecule has 0 aliphatic heterocycles. The predicted octanol–water partition coefficient (Wildman–Crippen LogP) is 1.41. The van der Waals surface area contributed by atoms with Crippen LogP contribution in [0.15, 0.2) is 18.2 Å². The van der Waals surface area contributed by atoms with Crippen molar-refractivity contribution in [3.63, 3.8) is 0 Å². The van der Waals surface area contributed by atoms with Gasteiger partial charge in [0.05, 0.1) is 0 Å². The van der Waals surface area contributed by atoms with Crippen molar-refractivity contribution in [1.82, 2.24) is 0 Å². The quantitative estimate of drug-likeness (QED) is 0.648. The minimum Gasteiger partial charge on any atom is -0.415 e. The second kappa shape index (κ2) is 3.09. The molecule has 57 valence electrons. The summed E-state index contributed by atoms with van der Waals surface area (Å²) in [6, 6.07) is 2.61. The van der Waals surface area contributed by atoms with Crippen LogP contribution in [0, 0.1) is 11.6 Å². The highest BCUT2D eigenvalue weighted by Crippen LogP contribution is 2.16. The van der Waals surface area contributed by atoms with Crippen LogP contribution in [0.1, 0.15) is 0 Å². The summed E-state index contributed by atoms with van der Waals surface area (Å²) in [6.07, 6.45) is 0. The maximum Gasteiger partial charge on any atom is 0.423 e. The highest BCUT2D eigenvalue weighted by Gasteiger charge is 2.03. The van der Waals surface area contributed by atoms with Crippen LogP contribution < -0.4 is 4.74 Å². The second-order valence-electron chi connectivity index (χ2n) is 1.76. The standard InChI is InChI=1S/C7H3F2O2/c8-5-1-2-7(11-4-10)6(9)3-5/h1-3H. The van der Waals surface area contributed by atoms with Gasteiger partial charge in [-0.1, -0.05) is 0 Å². The Morgan fingerprint density at radius 1 is 1.36 bits per heavy atom. The monoisotopic (exact) mass is 157 g/mol. The van der Waals surface area contributed by atoms with Gasteiger partial charge in [-0.05, 0) is 12.1 Å². The molecule has 0 unspecified atom stereocenters. The molecule has 1 aromatic carbocycles. The highest BCUT2D eigenvalue weighted by atomic mass is 19.1. The molecular formula is C7H3F2O2. The number of rotatable bonds is 2. The van der Waals surface area contributed by atoms with Crippen LogP contribution >= 0.6 is 0 Å². The van der Waals surface area contributed by atoms with Crippen LogP contribution in [0.2, 0.25) is 0 Å². The van der Waals surface area contributed by atoms with E-state index in [2.05, 4.69) is 4.74 Å². The van der Waals surface area contributed by atoms with E-state index in [4.69, 9.17) is 0 Å². The van der Waals surface area contributed by atoms with Gasteiger partial charge in [0, 0.05) is 6.07 Å². The van der Waals surface area contributed by atoms with Crippen LogP contribution in [0.25, 0.3) is 0 Å². The molecule has 0 N–H and O–H groups in total. The lowest BCUT2D eigenvalue weighted by Gasteiger charge is -1.96. The van der Waals surface area contributed by atoms with Gasteiger partial charge >= 0.3 is 6.47 Å². The van der Waals surface area contributed by atoms with Crippen LogP contribution in [-0.4, -0.2) is 6.47 Å². The summed E-state index contributed by atoms with van der Waals surface area (Å²) in [4.78, 5) is 9.60. The molecule has 0 fully saturated rings. The third-order valence-corrected chi connectivity index (χ3v) is 1.05. The molecule has 2 nitrogen and oxygen atoms in total. The number of halogens is 2. The molecule has 1 rings (SSSR count). The average molecular weight is 157 g/mol. The molecule has 0 aliphatic carbocycles. The molecule has 0 aromatic heterocycles. The first-order valence-electron chi connectivity index (χ1n) is 2.73. The summed E-state index contributed by atoms with van der Waals surface area (Å²) in [5.41, 5.74) is 0. The number of benzene rings is 1. The van der Waals surface area contributed by atoms with Gasteiger partial charge in [-0.25, -0.2) is 13.6 Å². The zero-order valence-corrected chi connectivity index (χ0v) is 5.30. The molecule has 0 saturated heterocycles. The Kier molecular flexibility index (Phi) is 2.15. The van der Waals surface area contributed by atoms with Crippen molar-refractivity contribution in [3.8, 4) is 5.75 Å². The molecule has 1 radical (unpaired) electrons. The zero-order chi connectivity index (χ0) is 8.27. The lowest BCUT2D eigenvalue weighted by atomic mass is 10.3. The van der Waals surface area contributed by atoms with Gasteiger partial charge in [0.1, 0.15) is 5.82 Å². The van der Waals surface area contributed by atoms with E-state index in [-0.39, 0.29) is 5.75 Å². The smallest absolute Gasteiger partial charge is 0.415 e. The molecule has 4 heteroatoms. The summed E-state index contributed by atoms with van der Waals surface area (Å²) in [5, 5.41) is 0. The van der Waals surface area contributed by atoms with Crippen molar-refractivity contribution in [2.24, 2.45) is 0 Å². The third-order valence-electron chi connectivity index (χ3n) is 1.05. The van der Waals surface area contributed by atoms with Crippen molar-refractivity contribution in [2.75, 3.05) is 0 Å². The van der Waals surface area contributed by atoms with Gasteiger partial charge in [0.25, 0.3) is 0 Å². The maximum absolute atomic E-state index is 12.5. The Balaban J connectivity index is 2.98. The Morgan fingerprint density at radius 2 is 2.09 bits per heavy atom. The van der Waals surface area contributed by atoms with Crippen LogP contribution in [-0.2, 0) is 4.79 Å². The van der Waals surface area contributed by atoms with Gasteiger partial charge in [0.15, 0.2) is 11.6 Å². The lowest BCUT2D eigenvalue weighted by Crippen LogP contribution is -1.92. The minimum atomic E-state index is -0.923. The van der Waals surface area contributed by atoms with E-state index in [1.165, 1.54) is 0 Å². The Hall–Kier alpha value is -1.45. The van der Waals surface area contributed by atoms with Gasteiger partial charge in [-0.3, -0.25) is 0 Å². The van der Waals surface area contributed by atoms with E-state index in [1.807, 2.05) is 0 Å². The average Bonchev–Trinajstić information content (AvgIpc) is 1.95. The van der Waals surface area contributed by atoms with E-state index in [9.17, 15) is 13.6 Å². The molecule has 0 saturated carbocycles. The number of carbonyl (C=O) groups excluding carboxylic acids is 1. The molecule has 0 atom stereocenters. The fraction of sp³-hybridized carbons (Fsp3) is 0. The first-order chi connectivity index (χ1) is 5.24. The Morgan fingerprint density at radius 3 is 2.64 bits per heavy atom. The summed E-state index contributed by atoms with van der Waals surface area (Å²) >= 11 is 0. The van der Waals surface area contributed by atoms with E-state index in [1.54, 1.807) is 0 Å². The normalized spacial score (nSPS) is 9.27. The first kappa shape index (κ1) is 7.65. The first-order valence-corrected chi connectivity index (χ1v) is 2.73. The molecule has 11 heavy (non-hydrogen) atoms. The van der Waals surface area contributed by atoms with Crippen molar-refractivity contribution < 1.29 is 18.3 Å². The van der Waals surface area contributed by atoms with Crippen LogP contribution in [0.3, 0.4) is 0 Å².